The summed E-state index contributed by atoms with van der Waals surface area (Å²) in [4.78, 5) is 12.9. The van der Waals surface area contributed by atoms with Gasteiger partial charge in [0.2, 0.25) is 0 Å². The SMILES string of the molecule is Nc1n[nH]c2c(Br)ccc(-c3ccc4c(C(=O)Nc5ccccc5)cccc4c3)c12. The van der Waals surface area contributed by atoms with Crippen molar-refractivity contribution in [3.63, 3.8) is 0 Å². The number of hydrogen-bond donors (Lipinski definition) is 3. The molecule has 6 heteroatoms. The summed E-state index contributed by atoms with van der Waals surface area (Å²) < 4.78 is 0.908. The van der Waals surface area contributed by atoms with Crippen LogP contribution in [0, 0.1) is 0 Å². The summed E-state index contributed by atoms with van der Waals surface area (Å²) >= 11 is 3.54. The van der Waals surface area contributed by atoms with Crippen LogP contribution >= 0.6 is 15.9 Å². The lowest BCUT2D eigenvalue weighted by atomic mass is 9.96. The molecule has 0 bridgehead atoms. The minimum atomic E-state index is -0.135. The smallest absolute Gasteiger partial charge is 0.256 e. The number of carbonyl (C=O) groups excluding carboxylic acids is 1. The van der Waals surface area contributed by atoms with Gasteiger partial charge in [0.15, 0.2) is 5.82 Å². The van der Waals surface area contributed by atoms with Crippen LogP contribution in [0.4, 0.5) is 11.5 Å². The lowest BCUT2D eigenvalue weighted by Crippen LogP contribution is -2.12. The zero-order chi connectivity index (χ0) is 20.7. The number of para-hydroxylation sites is 1. The van der Waals surface area contributed by atoms with Gasteiger partial charge in [-0.3, -0.25) is 9.89 Å². The second kappa shape index (κ2) is 7.31. The van der Waals surface area contributed by atoms with Crippen molar-refractivity contribution in [3.8, 4) is 11.1 Å². The van der Waals surface area contributed by atoms with Gasteiger partial charge in [0.05, 0.1) is 10.9 Å². The summed E-state index contributed by atoms with van der Waals surface area (Å²) in [6.07, 6.45) is 0. The third kappa shape index (κ3) is 3.11. The van der Waals surface area contributed by atoms with E-state index in [-0.39, 0.29) is 5.91 Å². The molecule has 0 saturated heterocycles. The number of nitrogens with zero attached hydrogens (tertiary/aromatic N) is 1. The molecule has 0 unspecified atom stereocenters. The second-order valence-corrected chi connectivity index (χ2v) is 7.87. The van der Waals surface area contributed by atoms with Gasteiger partial charge in [-0.25, -0.2) is 0 Å². The van der Waals surface area contributed by atoms with E-state index in [9.17, 15) is 4.79 Å². The molecule has 0 aliphatic rings. The Kier molecular flexibility index (Phi) is 4.48. The predicted molar refractivity (Wildman–Crippen MR) is 126 cm³/mol. The van der Waals surface area contributed by atoms with Gasteiger partial charge in [0.25, 0.3) is 5.91 Å². The fraction of sp³-hybridized carbons (Fsp3) is 0. The first-order chi connectivity index (χ1) is 14.6. The summed E-state index contributed by atoms with van der Waals surface area (Å²) in [5, 5.41) is 12.8. The van der Waals surface area contributed by atoms with E-state index in [1.54, 1.807) is 0 Å². The number of H-pyrrole nitrogens is 1. The first-order valence-electron chi connectivity index (χ1n) is 9.43. The molecule has 0 aliphatic carbocycles. The van der Waals surface area contributed by atoms with Crippen molar-refractivity contribution in [2.24, 2.45) is 0 Å². The number of rotatable bonds is 3. The van der Waals surface area contributed by atoms with Crippen LogP contribution in [0.3, 0.4) is 0 Å². The largest absolute Gasteiger partial charge is 0.382 e. The van der Waals surface area contributed by atoms with Crippen LogP contribution in [0.2, 0.25) is 0 Å². The fourth-order valence-electron chi connectivity index (χ4n) is 3.73. The van der Waals surface area contributed by atoms with Crippen molar-refractivity contribution in [1.82, 2.24) is 10.2 Å². The third-order valence-electron chi connectivity index (χ3n) is 5.17. The Labute approximate surface area is 181 Å². The number of benzene rings is 4. The number of aromatic nitrogens is 2. The van der Waals surface area contributed by atoms with Crippen LogP contribution in [0.15, 0.2) is 83.3 Å². The van der Waals surface area contributed by atoms with Crippen molar-refractivity contribution in [1.29, 1.82) is 0 Å². The molecule has 0 aliphatic heterocycles. The molecule has 0 spiro atoms. The Bertz CT molecular complexity index is 1410. The predicted octanol–water partition coefficient (Wildman–Crippen LogP) is 5.98. The summed E-state index contributed by atoms with van der Waals surface area (Å²) in [5.41, 5.74) is 10.4. The molecule has 5 rings (SSSR count). The second-order valence-electron chi connectivity index (χ2n) is 7.02. The van der Waals surface area contributed by atoms with Gasteiger partial charge >= 0.3 is 0 Å². The maximum atomic E-state index is 12.9. The van der Waals surface area contributed by atoms with E-state index in [4.69, 9.17) is 5.73 Å². The van der Waals surface area contributed by atoms with E-state index in [0.29, 0.717) is 11.4 Å². The quantitative estimate of drug-likeness (QED) is 0.312. The summed E-state index contributed by atoms with van der Waals surface area (Å²) in [6, 6.07) is 25.3. The topological polar surface area (TPSA) is 83.8 Å². The van der Waals surface area contributed by atoms with Gasteiger partial charge < -0.3 is 11.1 Å². The minimum absolute atomic E-state index is 0.135. The number of anilines is 2. The van der Waals surface area contributed by atoms with Crippen LogP contribution in [-0.2, 0) is 0 Å². The number of nitrogen functional groups attached to an aromatic ring is 1. The lowest BCUT2D eigenvalue weighted by molar-refractivity contribution is 0.102. The number of carbonyl (C=O) groups is 1. The number of hydrogen-bond acceptors (Lipinski definition) is 3. The molecule has 0 fully saturated rings. The average molecular weight is 457 g/mol. The van der Waals surface area contributed by atoms with Gasteiger partial charge in [-0.2, -0.15) is 5.10 Å². The molecule has 5 nitrogen and oxygen atoms in total. The lowest BCUT2D eigenvalue weighted by Gasteiger charge is -2.11. The maximum absolute atomic E-state index is 12.9. The molecule has 146 valence electrons. The zero-order valence-corrected chi connectivity index (χ0v) is 17.4. The highest BCUT2D eigenvalue weighted by atomic mass is 79.9. The Morgan fingerprint density at radius 2 is 1.80 bits per heavy atom. The highest BCUT2D eigenvalue weighted by Gasteiger charge is 2.15. The first kappa shape index (κ1) is 18.4. The molecule has 0 saturated carbocycles. The number of nitrogens with two attached hydrogens (primary N) is 1. The first-order valence-corrected chi connectivity index (χ1v) is 10.2. The zero-order valence-electron chi connectivity index (χ0n) is 15.8. The van der Waals surface area contributed by atoms with Crippen molar-refractivity contribution >= 4 is 55.0 Å². The van der Waals surface area contributed by atoms with E-state index in [1.165, 1.54) is 0 Å². The van der Waals surface area contributed by atoms with Crippen molar-refractivity contribution < 1.29 is 4.79 Å². The number of aromatic amines is 1. The molecule has 0 radical (unpaired) electrons. The van der Waals surface area contributed by atoms with E-state index in [2.05, 4.69) is 37.5 Å². The summed E-state index contributed by atoms with van der Waals surface area (Å²) in [5.74, 6) is 0.321. The Balaban J connectivity index is 1.59. The Morgan fingerprint density at radius 3 is 2.63 bits per heavy atom. The molecular formula is C24H17BrN4O. The maximum Gasteiger partial charge on any atom is 0.256 e. The molecule has 1 heterocycles. The van der Waals surface area contributed by atoms with Crippen LogP contribution in [0.25, 0.3) is 32.8 Å². The molecule has 4 N–H and O–H groups in total. The Hall–Kier alpha value is -3.64. The number of amides is 1. The highest BCUT2D eigenvalue weighted by Crippen LogP contribution is 2.36. The van der Waals surface area contributed by atoms with Gasteiger partial charge in [-0.15, -0.1) is 0 Å². The summed E-state index contributed by atoms with van der Waals surface area (Å²) in [7, 11) is 0. The summed E-state index contributed by atoms with van der Waals surface area (Å²) in [6.45, 7) is 0. The van der Waals surface area contributed by atoms with Crippen LogP contribution in [0.5, 0.6) is 0 Å². The minimum Gasteiger partial charge on any atom is -0.382 e. The van der Waals surface area contributed by atoms with Crippen molar-refractivity contribution in [2.45, 2.75) is 0 Å². The average Bonchev–Trinajstić information content (AvgIpc) is 3.16. The van der Waals surface area contributed by atoms with E-state index < -0.39 is 0 Å². The van der Waals surface area contributed by atoms with Crippen molar-refractivity contribution in [3.05, 3.63) is 88.9 Å². The Morgan fingerprint density at radius 1 is 0.967 bits per heavy atom. The van der Waals surface area contributed by atoms with Gasteiger partial charge in [0.1, 0.15) is 0 Å². The van der Waals surface area contributed by atoms with E-state index in [1.807, 2.05) is 72.8 Å². The normalized spacial score (nSPS) is 11.1. The standard InChI is InChI=1S/C24H17BrN4O/c25-20-12-11-18(21-22(20)28-29-23(21)26)15-9-10-17-14(13-15)5-4-8-19(17)24(30)27-16-6-2-1-3-7-16/h1-13H,(H,27,30)(H3,26,28,29). The molecule has 0 atom stereocenters. The number of nitrogens with one attached hydrogen (secondary N) is 2. The molecule has 5 aromatic rings. The molecule has 4 aromatic carbocycles. The number of halogens is 1. The van der Waals surface area contributed by atoms with Gasteiger partial charge in [0, 0.05) is 15.7 Å². The highest BCUT2D eigenvalue weighted by molar-refractivity contribution is 9.10. The molecular weight excluding hydrogens is 440 g/mol. The van der Waals surface area contributed by atoms with Gasteiger partial charge in [-0.1, -0.05) is 48.5 Å². The van der Waals surface area contributed by atoms with Crippen LogP contribution < -0.4 is 11.1 Å². The molecule has 1 aromatic heterocycles. The fourth-order valence-corrected chi connectivity index (χ4v) is 4.15. The van der Waals surface area contributed by atoms with Gasteiger partial charge in [-0.05, 0) is 68.2 Å². The van der Waals surface area contributed by atoms with E-state index >= 15 is 0 Å². The molecule has 30 heavy (non-hydrogen) atoms. The monoisotopic (exact) mass is 456 g/mol. The van der Waals surface area contributed by atoms with Crippen molar-refractivity contribution in [2.75, 3.05) is 11.1 Å². The third-order valence-corrected chi connectivity index (χ3v) is 5.83. The number of fused-ring (bicyclic) bond motifs is 2. The van der Waals surface area contributed by atoms with Crippen LogP contribution in [0.1, 0.15) is 10.4 Å². The van der Waals surface area contributed by atoms with Crippen LogP contribution in [-0.4, -0.2) is 16.1 Å². The van der Waals surface area contributed by atoms with E-state index in [0.717, 1.165) is 43.0 Å². The molecule has 1 amide bonds.